The van der Waals surface area contributed by atoms with Crippen LogP contribution in [0.25, 0.3) is 0 Å². The Morgan fingerprint density at radius 1 is 1.35 bits per heavy atom. The van der Waals surface area contributed by atoms with Crippen LogP contribution in [0.5, 0.6) is 0 Å². The lowest BCUT2D eigenvalue weighted by atomic mass is 10.1. The molecule has 0 saturated carbocycles. The topological polar surface area (TPSA) is 88.5 Å². The number of hydrazone groups is 1. The van der Waals surface area contributed by atoms with Crippen molar-refractivity contribution >= 4 is 17.6 Å². The van der Waals surface area contributed by atoms with E-state index in [9.17, 15) is 0 Å². The number of aryl methyl sites for hydroxylation is 1. The molecule has 0 aliphatic heterocycles. The molecule has 2 aromatic rings. The second-order valence-corrected chi connectivity index (χ2v) is 5.53. The molecule has 0 bridgehead atoms. The zero-order chi connectivity index (χ0) is 18.6. The standard InChI is InChI=1S/C20H24N6/c1-3-9-22-15-19(26-21)20-17(4-2)12-16(13-25-20)7-5-11-24-18-8-6-10-23-14-18/h6,8,10,12-15,24H,3-4,9,11,21H2,1-2H3/b22-15?,26-19+. The van der Waals surface area contributed by atoms with Crippen LogP contribution in [0.1, 0.15) is 37.1 Å². The maximum absolute atomic E-state index is 5.52. The van der Waals surface area contributed by atoms with Crippen molar-refractivity contribution in [3.63, 3.8) is 0 Å². The molecule has 0 amide bonds. The van der Waals surface area contributed by atoms with Gasteiger partial charge < -0.3 is 11.2 Å². The van der Waals surface area contributed by atoms with Crippen molar-refractivity contribution in [1.29, 1.82) is 0 Å². The molecule has 0 aliphatic rings. The van der Waals surface area contributed by atoms with Crippen LogP contribution in [0.3, 0.4) is 0 Å². The molecule has 0 fully saturated rings. The zero-order valence-electron chi connectivity index (χ0n) is 15.2. The van der Waals surface area contributed by atoms with Crippen molar-refractivity contribution in [1.82, 2.24) is 9.97 Å². The number of nitrogens with two attached hydrogens (primary N) is 1. The van der Waals surface area contributed by atoms with E-state index in [0.717, 1.165) is 41.9 Å². The van der Waals surface area contributed by atoms with Crippen molar-refractivity contribution in [2.45, 2.75) is 26.7 Å². The van der Waals surface area contributed by atoms with Gasteiger partial charge in [-0.15, -0.1) is 0 Å². The molecule has 0 atom stereocenters. The van der Waals surface area contributed by atoms with E-state index in [1.165, 1.54) is 0 Å². The van der Waals surface area contributed by atoms with E-state index in [1.54, 1.807) is 24.8 Å². The van der Waals surface area contributed by atoms with Gasteiger partial charge in [-0.25, -0.2) is 0 Å². The summed E-state index contributed by atoms with van der Waals surface area (Å²) in [6, 6.07) is 5.86. The third kappa shape index (κ3) is 5.71. The second-order valence-electron chi connectivity index (χ2n) is 5.53. The molecule has 0 aromatic carbocycles. The van der Waals surface area contributed by atoms with E-state index in [0.29, 0.717) is 12.3 Å². The predicted octanol–water partition coefficient (Wildman–Crippen LogP) is 2.65. The molecule has 134 valence electrons. The molecule has 0 spiro atoms. The monoisotopic (exact) mass is 348 g/mol. The number of aromatic nitrogens is 2. The summed E-state index contributed by atoms with van der Waals surface area (Å²) in [7, 11) is 0. The Morgan fingerprint density at radius 3 is 2.92 bits per heavy atom. The Bertz CT molecular complexity index is 815. The maximum Gasteiger partial charge on any atom is 0.126 e. The number of pyridine rings is 2. The van der Waals surface area contributed by atoms with Crippen LogP contribution in [0.4, 0.5) is 5.69 Å². The molecule has 0 saturated heterocycles. The van der Waals surface area contributed by atoms with Gasteiger partial charge in [-0.2, -0.15) is 5.10 Å². The smallest absolute Gasteiger partial charge is 0.126 e. The van der Waals surface area contributed by atoms with E-state index < -0.39 is 0 Å². The Balaban J connectivity index is 2.09. The highest BCUT2D eigenvalue weighted by Gasteiger charge is 2.09. The lowest BCUT2D eigenvalue weighted by molar-refractivity contribution is 0.938. The Labute approximate surface area is 154 Å². The van der Waals surface area contributed by atoms with Crippen molar-refractivity contribution in [3.05, 3.63) is 53.6 Å². The van der Waals surface area contributed by atoms with Crippen molar-refractivity contribution in [2.24, 2.45) is 15.9 Å². The van der Waals surface area contributed by atoms with Gasteiger partial charge in [-0.1, -0.05) is 25.7 Å². The fourth-order valence-electron chi connectivity index (χ4n) is 2.27. The molecule has 6 nitrogen and oxygen atoms in total. The number of nitrogens with one attached hydrogen (secondary N) is 1. The van der Waals surface area contributed by atoms with Crippen LogP contribution >= 0.6 is 0 Å². The van der Waals surface area contributed by atoms with E-state index in [-0.39, 0.29) is 0 Å². The number of aliphatic imine (C=N–C) groups is 1. The first-order valence-corrected chi connectivity index (χ1v) is 8.68. The maximum atomic E-state index is 5.52. The number of anilines is 1. The number of hydrogen-bond acceptors (Lipinski definition) is 6. The minimum Gasteiger partial charge on any atom is -0.373 e. The highest BCUT2D eigenvalue weighted by atomic mass is 15.1. The van der Waals surface area contributed by atoms with Crippen molar-refractivity contribution < 1.29 is 0 Å². The summed E-state index contributed by atoms with van der Waals surface area (Å²) in [5.41, 5.74) is 4.20. The van der Waals surface area contributed by atoms with Gasteiger partial charge in [-0.3, -0.25) is 15.0 Å². The summed E-state index contributed by atoms with van der Waals surface area (Å²) < 4.78 is 0. The van der Waals surface area contributed by atoms with E-state index in [2.05, 4.69) is 51.1 Å². The van der Waals surface area contributed by atoms with E-state index >= 15 is 0 Å². The fourth-order valence-corrected chi connectivity index (χ4v) is 2.27. The van der Waals surface area contributed by atoms with Gasteiger partial charge in [0.2, 0.25) is 0 Å². The average molecular weight is 348 g/mol. The van der Waals surface area contributed by atoms with Gasteiger partial charge >= 0.3 is 0 Å². The molecule has 2 rings (SSSR count). The highest BCUT2D eigenvalue weighted by molar-refractivity contribution is 6.37. The largest absolute Gasteiger partial charge is 0.373 e. The minimum absolute atomic E-state index is 0.536. The van der Waals surface area contributed by atoms with Crippen LogP contribution in [0.2, 0.25) is 0 Å². The van der Waals surface area contributed by atoms with Crippen LogP contribution < -0.4 is 11.2 Å². The highest BCUT2D eigenvalue weighted by Crippen LogP contribution is 2.10. The summed E-state index contributed by atoms with van der Waals surface area (Å²) in [5.74, 6) is 11.7. The summed E-state index contributed by atoms with van der Waals surface area (Å²) in [5, 5.41) is 7.03. The first-order chi connectivity index (χ1) is 12.8. The van der Waals surface area contributed by atoms with Crippen LogP contribution in [0.15, 0.2) is 46.9 Å². The van der Waals surface area contributed by atoms with Crippen LogP contribution in [0, 0.1) is 11.8 Å². The lowest BCUT2D eigenvalue weighted by Gasteiger charge is -2.06. The van der Waals surface area contributed by atoms with Crippen molar-refractivity contribution in [2.75, 3.05) is 18.4 Å². The Kier molecular flexibility index (Phi) is 7.81. The SMILES string of the molecule is CCCN=C/C(=N\N)c1ncc(C#CCNc2cccnc2)cc1CC. The zero-order valence-corrected chi connectivity index (χ0v) is 15.2. The Morgan fingerprint density at radius 2 is 2.23 bits per heavy atom. The lowest BCUT2D eigenvalue weighted by Crippen LogP contribution is -2.12. The molecule has 0 radical (unpaired) electrons. The molecule has 0 aliphatic carbocycles. The third-order valence-electron chi connectivity index (χ3n) is 3.57. The average Bonchev–Trinajstić information content (AvgIpc) is 2.69. The minimum atomic E-state index is 0.536. The Hall–Kier alpha value is -3.20. The van der Waals surface area contributed by atoms with Gasteiger partial charge in [0.15, 0.2) is 0 Å². The van der Waals surface area contributed by atoms with Crippen LogP contribution in [-0.4, -0.2) is 35.0 Å². The number of nitrogens with zero attached hydrogens (tertiary/aromatic N) is 4. The molecule has 26 heavy (non-hydrogen) atoms. The number of rotatable bonds is 7. The van der Waals surface area contributed by atoms with Crippen molar-refractivity contribution in [3.8, 4) is 11.8 Å². The first-order valence-electron chi connectivity index (χ1n) is 8.68. The van der Waals surface area contributed by atoms with Gasteiger partial charge in [0.05, 0.1) is 24.1 Å². The normalized spacial score (nSPS) is 11.2. The molecule has 0 unspecified atom stereocenters. The molecule has 2 heterocycles. The van der Waals surface area contributed by atoms with Gasteiger partial charge in [0, 0.05) is 30.7 Å². The van der Waals surface area contributed by atoms with Gasteiger partial charge in [0.25, 0.3) is 0 Å². The van der Waals surface area contributed by atoms with E-state index in [1.807, 2.05) is 18.2 Å². The molecular formula is C20H24N6. The fraction of sp³-hybridized carbons (Fsp3) is 0.300. The number of hydrogen-bond donors (Lipinski definition) is 2. The second kappa shape index (κ2) is 10.6. The summed E-state index contributed by atoms with van der Waals surface area (Å²) in [4.78, 5) is 12.9. The molecule has 2 aromatic heterocycles. The molecular weight excluding hydrogens is 324 g/mol. The predicted molar refractivity (Wildman–Crippen MR) is 108 cm³/mol. The van der Waals surface area contributed by atoms with Gasteiger partial charge in [-0.05, 0) is 36.6 Å². The molecule has 6 heteroatoms. The third-order valence-corrected chi connectivity index (χ3v) is 3.57. The quantitative estimate of drug-likeness (QED) is 0.348. The van der Waals surface area contributed by atoms with Crippen LogP contribution in [-0.2, 0) is 6.42 Å². The van der Waals surface area contributed by atoms with E-state index in [4.69, 9.17) is 5.84 Å². The summed E-state index contributed by atoms with van der Waals surface area (Å²) in [6.45, 7) is 5.42. The summed E-state index contributed by atoms with van der Waals surface area (Å²) >= 11 is 0. The van der Waals surface area contributed by atoms with Gasteiger partial charge in [0.1, 0.15) is 5.71 Å². The first kappa shape index (κ1) is 19.1. The molecule has 3 N–H and O–H groups in total. The summed E-state index contributed by atoms with van der Waals surface area (Å²) in [6.07, 6.45) is 8.72.